The van der Waals surface area contributed by atoms with Crippen LogP contribution in [0.2, 0.25) is 5.02 Å². The fourth-order valence-corrected chi connectivity index (χ4v) is 1.87. The molecule has 15 heavy (non-hydrogen) atoms. The molecular formula is C11H12ClN3. The summed E-state index contributed by atoms with van der Waals surface area (Å²) in [5, 5.41) is 16.0. The summed E-state index contributed by atoms with van der Waals surface area (Å²) >= 11 is 5.85. The van der Waals surface area contributed by atoms with Gasteiger partial charge in [0.15, 0.2) is 0 Å². The summed E-state index contributed by atoms with van der Waals surface area (Å²) in [6, 6.07) is 7.98. The van der Waals surface area contributed by atoms with Crippen LogP contribution in [-0.4, -0.2) is 19.1 Å². The Morgan fingerprint density at radius 3 is 3.07 bits per heavy atom. The maximum Gasteiger partial charge on any atom is 0.101 e. The first-order chi connectivity index (χ1) is 7.29. The van der Waals surface area contributed by atoms with Crippen LogP contribution in [-0.2, 0) is 0 Å². The molecule has 2 N–H and O–H groups in total. The minimum Gasteiger partial charge on any atom is -0.381 e. The molecule has 0 aliphatic carbocycles. The van der Waals surface area contributed by atoms with Crippen LogP contribution < -0.4 is 10.6 Å². The number of anilines is 1. The smallest absolute Gasteiger partial charge is 0.101 e. The fourth-order valence-electron chi connectivity index (χ4n) is 1.71. The van der Waals surface area contributed by atoms with E-state index in [0.29, 0.717) is 16.6 Å². The Kier molecular flexibility index (Phi) is 3.10. The van der Waals surface area contributed by atoms with Crippen LogP contribution in [0.4, 0.5) is 5.69 Å². The van der Waals surface area contributed by atoms with Crippen LogP contribution >= 0.6 is 11.6 Å². The van der Waals surface area contributed by atoms with E-state index in [4.69, 9.17) is 16.9 Å². The molecule has 1 heterocycles. The molecule has 3 nitrogen and oxygen atoms in total. The van der Waals surface area contributed by atoms with E-state index in [-0.39, 0.29) is 0 Å². The number of nitrogens with zero attached hydrogens (tertiary/aromatic N) is 1. The SMILES string of the molecule is N#Cc1cc(NC2CCNC2)ccc1Cl. The van der Waals surface area contributed by atoms with Gasteiger partial charge in [-0.2, -0.15) is 5.26 Å². The lowest BCUT2D eigenvalue weighted by molar-refractivity contribution is 0.793. The second-order valence-electron chi connectivity index (χ2n) is 3.64. The van der Waals surface area contributed by atoms with E-state index in [1.54, 1.807) is 12.1 Å². The molecule has 1 aromatic carbocycles. The van der Waals surface area contributed by atoms with Gasteiger partial charge in [0.1, 0.15) is 6.07 Å². The van der Waals surface area contributed by atoms with Crippen molar-refractivity contribution in [2.45, 2.75) is 12.5 Å². The molecule has 1 atom stereocenters. The third-order valence-corrected chi connectivity index (χ3v) is 2.85. The number of benzene rings is 1. The summed E-state index contributed by atoms with van der Waals surface area (Å²) in [5.41, 5.74) is 1.48. The van der Waals surface area contributed by atoms with Crippen LogP contribution in [0.15, 0.2) is 18.2 Å². The summed E-state index contributed by atoms with van der Waals surface area (Å²) in [4.78, 5) is 0. The third-order valence-electron chi connectivity index (χ3n) is 2.52. The standard InChI is InChI=1S/C11H12ClN3/c12-11-2-1-9(5-8(11)6-13)15-10-3-4-14-7-10/h1-2,5,10,14-15H,3-4,7H2. The molecule has 1 aromatic rings. The molecule has 1 aliphatic rings. The Hall–Kier alpha value is -1.24. The maximum absolute atomic E-state index is 8.83. The van der Waals surface area contributed by atoms with Gasteiger partial charge in [-0.1, -0.05) is 11.6 Å². The number of rotatable bonds is 2. The van der Waals surface area contributed by atoms with Crippen molar-refractivity contribution in [3.8, 4) is 6.07 Å². The summed E-state index contributed by atoms with van der Waals surface area (Å²) in [6.45, 7) is 2.03. The average molecular weight is 222 g/mol. The summed E-state index contributed by atoms with van der Waals surface area (Å²) in [5.74, 6) is 0. The van der Waals surface area contributed by atoms with Gasteiger partial charge in [0.25, 0.3) is 0 Å². The number of hydrogen-bond acceptors (Lipinski definition) is 3. The first-order valence-electron chi connectivity index (χ1n) is 4.96. The van der Waals surface area contributed by atoms with Crippen LogP contribution in [0.25, 0.3) is 0 Å². The Morgan fingerprint density at radius 1 is 1.53 bits per heavy atom. The highest BCUT2D eigenvalue weighted by atomic mass is 35.5. The minimum atomic E-state index is 0.456. The van der Waals surface area contributed by atoms with E-state index in [0.717, 1.165) is 25.2 Å². The van der Waals surface area contributed by atoms with Crippen LogP contribution in [0, 0.1) is 11.3 Å². The zero-order valence-corrected chi connectivity index (χ0v) is 9.01. The van der Waals surface area contributed by atoms with Crippen molar-refractivity contribution >= 4 is 17.3 Å². The van der Waals surface area contributed by atoms with E-state index in [9.17, 15) is 0 Å². The second-order valence-corrected chi connectivity index (χ2v) is 4.05. The van der Waals surface area contributed by atoms with E-state index in [1.807, 2.05) is 6.07 Å². The lowest BCUT2D eigenvalue weighted by Crippen LogP contribution is -2.22. The van der Waals surface area contributed by atoms with E-state index < -0.39 is 0 Å². The molecular weight excluding hydrogens is 210 g/mol. The van der Waals surface area contributed by atoms with Gasteiger partial charge in [-0.25, -0.2) is 0 Å². The maximum atomic E-state index is 8.83. The van der Waals surface area contributed by atoms with Crippen LogP contribution in [0.5, 0.6) is 0 Å². The zero-order chi connectivity index (χ0) is 10.7. The van der Waals surface area contributed by atoms with Crippen molar-refractivity contribution in [2.75, 3.05) is 18.4 Å². The minimum absolute atomic E-state index is 0.456. The molecule has 78 valence electrons. The van der Waals surface area contributed by atoms with Crippen molar-refractivity contribution in [3.05, 3.63) is 28.8 Å². The highest BCUT2D eigenvalue weighted by Crippen LogP contribution is 2.20. The Labute approximate surface area is 94.0 Å². The molecule has 1 unspecified atom stereocenters. The van der Waals surface area contributed by atoms with Crippen molar-refractivity contribution in [3.63, 3.8) is 0 Å². The van der Waals surface area contributed by atoms with E-state index >= 15 is 0 Å². The first kappa shape index (κ1) is 10.3. The lowest BCUT2D eigenvalue weighted by atomic mass is 10.2. The predicted octanol–water partition coefficient (Wildman–Crippen LogP) is 1.99. The molecule has 4 heteroatoms. The highest BCUT2D eigenvalue weighted by Gasteiger charge is 2.14. The third kappa shape index (κ3) is 2.41. The van der Waals surface area contributed by atoms with Gasteiger partial charge >= 0.3 is 0 Å². The van der Waals surface area contributed by atoms with Gasteiger partial charge in [0.05, 0.1) is 10.6 Å². The fraction of sp³-hybridized carbons (Fsp3) is 0.364. The Morgan fingerprint density at radius 2 is 2.40 bits per heavy atom. The molecule has 0 amide bonds. The van der Waals surface area contributed by atoms with Crippen LogP contribution in [0.1, 0.15) is 12.0 Å². The number of halogens is 1. The number of nitriles is 1. The lowest BCUT2D eigenvalue weighted by Gasteiger charge is -2.13. The monoisotopic (exact) mass is 221 g/mol. The quantitative estimate of drug-likeness (QED) is 0.803. The van der Waals surface area contributed by atoms with Crippen LogP contribution in [0.3, 0.4) is 0 Å². The second kappa shape index (κ2) is 4.52. The Balaban J connectivity index is 2.11. The molecule has 0 spiro atoms. The summed E-state index contributed by atoms with van der Waals surface area (Å²) in [6.07, 6.45) is 1.12. The number of hydrogen-bond donors (Lipinski definition) is 2. The van der Waals surface area contributed by atoms with E-state index in [1.165, 1.54) is 0 Å². The molecule has 1 aliphatic heterocycles. The normalized spacial score (nSPS) is 19.9. The van der Waals surface area contributed by atoms with Gasteiger partial charge in [-0.15, -0.1) is 0 Å². The van der Waals surface area contributed by atoms with Gasteiger partial charge in [0.2, 0.25) is 0 Å². The highest BCUT2D eigenvalue weighted by molar-refractivity contribution is 6.31. The predicted molar refractivity (Wildman–Crippen MR) is 61.1 cm³/mol. The molecule has 2 rings (SSSR count). The van der Waals surface area contributed by atoms with Crippen molar-refractivity contribution in [1.82, 2.24) is 5.32 Å². The molecule has 0 aromatic heterocycles. The summed E-state index contributed by atoms with van der Waals surface area (Å²) < 4.78 is 0. The molecule has 0 radical (unpaired) electrons. The van der Waals surface area contributed by atoms with Crippen molar-refractivity contribution in [1.29, 1.82) is 5.26 Å². The van der Waals surface area contributed by atoms with Gasteiger partial charge in [-0.3, -0.25) is 0 Å². The molecule has 0 saturated carbocycles. The molecule has 1 fully saturated rings. The Bertz CT molecular complexity index is 391. The average Bonchev–Trinajstić information content (AvgIpc) is 2.73. The zero-order valence-electron chi connectivity index (χ0n) is 8.26. The number of nitrogens with one attached hydrogen (secondary N) is 2. The molecule has 1 saturated heterocycles. The topological polar surface area (TPSA) is 47.9 Å². The van der Waals surface area contributed by atoms with Gasteiger partial charge in [-0.05, 0) is 31.2 Å². The van der Waals surface area contributed by atoms with Gasteiger partial charge < -0.3 is 10.6 Å². The van der Waals surface area contributed by atoms with Crippen molar-refractivity contribution < 1.29 is 0 Å². The first-order valence-corrected chi connectivity index (χ1v) is 5.34. The van der Waals surface area contributed by atoms with E-state index in [2.05, 4.69) is 16.7 Å². The van der Waals surface area contributed by atoms with Crippen molar-refractivity contribution in [2.24, 2.45) is 0 Å². The summed E-state index contributed by atoms with van der Waals surface area (Å²) in [7, 11) is 0. The largest absolute Gasteiger partial charge is 0.381 e. The van der Waals surface area contributed by atoms with Gasteiger partial charge in [0, 0.05) is 18.3 Å². The molecule has 0 bridgehead atoms.